The number of halogens is 1. The fourth-order valence-electron chi connectivity index (χ4n) is 6.58. The van der Waals surface area contributed by atoms with Crippen LogP contribution in [-0.2, 0) is 39.5 Å². The van der Waals surface area contributed by atoms with Crippen LogP contribution in [-0.4, -0.2) is 37.7 Å². The lowest BCUT2D eigenvalue weighted by Gasteiger charge is -2.31. The summed E-state index contributed by atoms with van der Waals surface area (Å²) in [5.41, 5.74) is 2.21. The SMILES string of the molecule is CCC1(O)C(=O)OCc2c1cc1n(c2=O)Cc2c-1nc1cc(F)c(C)c3c1c2C(NC(=O)C(O)C1CC1)CC3. The maximum absolute atomic E-state index is 15.0. The van der Waals surface area contributed by atoms with Crippen molar-refractivity contribution in [1.29, 1.82) is 0 Å². The molecular weight excluding hydrogens is 505 g/mol. The lowest BCUT2D eigenvalue weighted by molar-refractivity contribution is -0.172. The van der Waals surface area contributed by atoms with Crippen molar-refractivity contribution in [2.45, 2.75) is 76.9 Å². The Bertz CT molecular complexity index is 1690. The van der Waals surface area contributed by atoms with Gasteiger partial charge in [0, 0.05) is 22.6 Å². The highest BCUT2D eigenvalue weighted by molar-refractivity contribution is 5.94. The summed E-state index contributed by atoms with van der Waals surface area (Å²) in [4.78, 5) is 44.0. The van der Waals surface area contributed by atoms with Crippen LogP contribution < -0.4 is 10.9 Å². The third-order valence-corrected chi connectivity index (χ3v) is 9.03. The number of aromatic nitrogens is 2. The number of pyridine rings is 2. The Morgan fingerprint density at radius 1 is 1.26 bits per heavy atom. The van der Waals surface area contributed by atoms with E-state index in [1.165, 1.54) is 10.6 Å². The molecule has 0 radical (unpaired) electrons. The molecule has 3 aromatic rings. The van der Waals surface area contributed by atoms with E-state index < -0.39 is 29.6 Å². The predicted molar refractivity (Wildman–Crippen MR) is 137 cm³/mol. The van der Waals surface area contributed by atoms with E-state index in [0.717, 1.165) is 34.9 Å². The van der Waals surface area contributed by atoms with Crippen LogP contribution in [0.3, 0.4) is 0 Å². The zero-order valence-corrected chi connectivity index (χ0v) is 21.6. The number of aryl methyl sites for hydroxylation is 1. The second-order valence-corrected chi connectivity index (χ2v) is 11.2. The van der Waals surface area contributed by atoms with Gasteiger partial charge in [-0.15, -0.1) is 0 Å². The van der Waals surface area contributed by atoms with Crippen molar-refractivity contribution in [1.82, 2.24) is 14.9 Å². The highest BCUT2D eigenvalue weighted by Gasteiger charge is 2.46. The second-order valence-electron chi connectivity index (χ2n) is 11.2. The topological polar surface area (TPSA) is 131 Å². The molecule has 4 aliphatic rings. The molecule has 7 rings (SSSR count). The minimum absolute atomic E-state index is 0.0241. The molecule has 0 spiro atoms. The molecule has 1 amide bonds. The van der Waals surface area contributed by atoms with Crippen molar-refractivity contribution < 1.29 is 28.9 Å². The molecule has 2 aliphatic heterocycles. The molecule has 3 N–H and O–H groups in total. The van der Waals surface area contributed by atoms with Gasteiger partial charge in [0.25, 0.3) is 5.56 Å². The first-order valence-corrected chi connectivity index (χ1v) is 13.4. The Hall–Kier alpha value is -3.63. The van der Waals surface area contributed by atoms with Gasteiger partial charge in [0.15, 0.2) is 5.60 Å². The number of esters is 1. The van der Waals surface area contributed by atoms with Crippen molar-refractivity contribution in [2.75, 3.05) is 0 Å². The second kappa shape index (κ2) is 8.19. The molecule has 0 saturated heterocycles. The van der Waals surface area contributed by atoms with E-state index in [0.29, 0.717) is 35.3 Å². The summed E-state index contributed by atoms with van der Waals surface area (Å²) >= 11 is 0. The fraction of sp³-hybridized carbons (Fsp3) is 0.448. The smallest absolute Gasteiger partial charge is 0.343 e. The number of hydrogen-bond donors (Lipinski definition) is 3. The molecule has 9 nitrogen and oxygen atoms in total. The number of amides is 1. The van der Waals surface area contributed by atoms with Gasteiger partial charge < -0.3 is 24.8 Å². The van der Waals surface area contributed by atoms with Crippen molar-refractivity contribution in [2.24, 2.45) is 5.92 Å². The highest BCUT2D eigenvalue weighted by atomic mass is 19.1. The molecule has 3 atom stereocenters. The number of nitrogens with one attached hydrogen (secondary N) is 1. The number of carbonyl (C=O) groups excluding carboxylic acids is 2. The van der Waals surface area contributed by atoms with Crippen molar-refractivity contribution in [3.63, 3.8) is 0 Å². The Labute approximate surface area is 222 Å². The Morgan fingerprint density at radius 2 is 2.03 bits per heavy atom. The van der Waals surface area contributed by atoms with Crippen LogP contribution in [0.4, 0.5) is 4.39 Å². The maximum atomic E-state index is 15.0. The standard InChI is InChI=1S/C29H28FN3O6/c1-3-29(38)17-8-21-24-15(10-33(21)27(36)16(17)11-39-28(29)37)23-19(32-26(35)25(34)13-4-5-13)7-6-14-12(2)18(30)9-20(31-24)22(14)23/h8-9,13,19,25,34,38H,3-7,10-11H2,1-2H3,(H,32,35). The first-order valence-electron chi connectivity index (χ1n) is 13.4. The van der Waals surface area contributed by atoms with Crippen LogP contribution in [0.5, 0.6) is 0 Å². The van der Waals surface area contributed by atoms with Gasteiger partial charge in [0.1, 0.15) is 18.5 Å². The number of benzene rings is 1. The average Bonchev–Trinajstić information content (AvgIpc) is 3.71. The number of rotatable bonds is 4. The molecular formula is C29H28FN3O6. The number of nitrogens with zero attached hydrogens (tertiary/aromatic N) is 2. The van der Waals surface area contributed by atoms with Gasteiger partial charge >= 0.3 is 5.97 Å². The van der Waals surface area contributed by atoms with Crippen LogP contribution >= 0.6 is 0 Å². The monoisotopic (exact) mass is 533 g/mol. The van der Waals surface area contributed by atoms with Crippen LogP contribution in [0.25, 0.3) is 22.3 Å². The van der Waals surface area contributed by atoms with Gasteiger partial charge in [0.2, 0.25) is 5.91 Å². The van der Waals surface area contributed by atoms with Crippen LogP contribution in [0, 0.1) is 18.7 Å². The van der Waals surface area contributed by atoms with Crippen LogP contribution in [0.15, 0.2) is 16.9 Å². The molecule has 1 saturated carbocycles. The molecule has 0 bridgehead atoms. The molecule has 2 aliphatic carbocycles. The van der Waals surface area contributed by atoms with Crippen LogP contribution in [0.2, 0.25) is 0 Å². The molecule has 202 valence electrons. The minimum Gasteiger partial charge on any atom is -0.458 e. The summed E-state index contributed by atoms with van der Waals surface area (Å²) in [5.74, 6) is -1.65. The number of cyclic esters (lactones) is 1. The van der Waals surface area contributed by atoms with Gasteiger partial charge in [-0.2, -0.15) is 0 Å². The summed E-state index contributed by atoms with van der Waals surface area (Å²) in [5, 5.41) is 25.4. The molecule has 3 unspecified atom stereocenters. The molecule has 10 heteroatoms. The number of ether oxygens (including phenoxy) is 1. The lowest BCUT2D eigenvalue weighted by atomic mass is 9.81. The highest BCUT2D eigenvalue weighted by Crippen LogP contribution is 2.46. The van der Waals surface area contributed by atoms with E-state index in [1.54, 1.807) is 19.9 Å². The summed E-state index contributed by atoms with van der Waals surface area (Å²) in [6.45, 7) is 3.30. The van der Waals surface area contributed by atoms with Gasteiger partial charge in [-0.1, -0.05) is 6.92 Å². The Balaban J connectivity index is 1.46. The van der Waals surface area contributed by atoms with Crippen molar-refractivity contribution >= 4 is 22.8 Å². The molecule has 1 fully saturated rings. The summed E-state index contributed by atoms with van der Waals surface area (Å²) in [6, 6.07) is 2.54. The average molecular weight is 534 g/mol. The molecule has 1 aromatic carbocycles. The Morgan fingerprint density at radius 3 is 2.74 bits per heavy atom. The van der Waals surface area contributed by atoms with Crippen molar-refractivity contribution in [3.8, 4) is 11.4 Å². The third kappa shape index (κ3) is 3.31. The van der Waals surface area contributed by atoms with E-state index in [9.17, 15) is 24.6 Å². The zero-order chi connectivity index (χ0) is 27.4. The summed E-state index contributed by atoms with van der Waals surface area (Å²) in [7, 11) is 0. The number of aliphatic hydroxyl groups excluding tert-OH is 1. The number of fused-ring (bicyclic) bond motifs is 5. The number of carbonyl (C=O) groups is 2. The summed E-state index contributed by atoms with van der Waals surface area (Å²) < 4.78 is 21.7. The number of hydrogen-bond acceptors (Lipinski definition) is 7. The van der Waals surface area contributed by atoms with E-state index in [1.807, 2.05) is 0 Å². The molecule has 4 heterocycles. The predicted octanol–water partition coefficient (Wildman–Crippen LogP) is 2.40. The number of aliphatic hydroxyl groups is 2. The van der Waals surface area contributed by atoms with Gasteiger partial charge in [-0.3, -0.25) is 9.59 Å². The third-order valence-electron chi connectivity index (χ3n) is 9.03. The minimum atomic E-state index is -1.96. The van der Waals surface area contributed by atoms with Gasteiger partial charge in [-0.05, 0) is 67.7 Å². The Kier molecular flexibility index (Phi) is 5.13. The first kappa shape index (κ1) is 24.4. The largest absolute Gasteiger partial charge is 0.458 e. The first-order chi connectivity index (χ1) is 18.6. The normalized spacial score (nSPS) is 23.6. The molecule has 39 heavy (non-hydrogen) atoms. The van der Waals surface area contributed by atoms with E-state index in [4.69, 9.17) is 9.72 Å². The summed E-state index contributed by atoms with van der Waals surface area (Å²) in [6.07, 6.45) is 1.61. The quantitative estimate of drug-likeness (QED) is 0.344. The zero-order valence-electron chi connectivity index (χ0n) is 21.6. The van der Waals surface area contributed by atoms with Gasteiger partial charge in [-0.25, -0.2) is 14.2 Å². The fourth-order valence-corrected chi connectivity index (χ4v) is 6.58. The van der Waals surface area contributed by atoms with Crippen LogP contribution in [0.1, 0.15) is 72.0 Å². The van der Waals surface area contributed by atoms with Gasteiger partial charge in [0.05, 0.1) is 35.1 Å². The van der Waals surface area contributed by atoms with E-state index in [2.05, 4.69) is 5.32 Å². The van der Waals surface area contributed by atoms with Crippen molar-refractivity contribution in [3.05, 3.63) is 61.7 Å². The van der Waals surface area contributed by atoms with E-state index >= 15 is 4.39 Å². The van der Waals surface area contributed by atoms with E-state index in [-0.39, 0.29) is 48.0 Å². The maximum Gasteiger partial charge on any atom is 0.343 e. The molecule has 2 aromatic heterocycles. The lowest BCUT2D eigenvalue weighted by Crippen LogP contribution is -2.44.